The van der Waals surface area contributed by atoms with Gasteiger partial charge in [-0.05, 0) is 30.3 Å². The highest BCUT2D eigenvalue weighted by atomic mass is 35.5. The zero-order valence-corrected chi connectivity index (χ0v) is 16.9. The number of Topliss-reactive ketones (excluding diaryl/α,β-unsaturated/α-hetero) is 1. The second-order valence-electron chi connectivity index (χ2n) is 6.67. The number of pyridine rings is 1. The van der Waals surface area contributed by atoms with E-state index in [2.05, 4.69) is 15.2 Å². The van der Waals surface area contributed by atoms with Crippen LogP contribution in [0.15, 0.2) is 42.6 Å². The first-order valence-electron chi connectivity index (χ1n) is 9.58. The van der Waals surface area contributed by atoms with Gasteiger partial charge in [0.2, 0.25) is 11.8 Å². The van der Waals surface area contributed by atoms with Gasteiger partial charge < -0.3 is 14.8 Å². The molecule has 0 spiro atoms. The molecule has 2 heterocycles. The maximum Gasteiger partial charge on any atom is 0.224 e. The van der Waals surface area contributed by atoms with Crippen molar-refractivity contribution < 1.29 is 19.1 Å². The number of morpholine rings is 1. The van der Waals surface area contributed by atoms with Gasteiger partial charge in [0, 0.05) is 49.1 Å². The Hall–Kier alpha value is -2.48. The third-order valence-corrected chi connectivity index (χ3v) is 4.78. The Morgan fingerprint density at radius 1 is 1.10 bits per heavy atom. The summed E-state index contributed by atoms with van der Waals surface area (Å²) in [6.07, 6.45) is 1.77. The number of anilines is 1. The van der Waals surface area contributed by atoms with E-state index in [0.717, 1.165) is 32.8 Å². The molecule has 1 fully saturated rings. The molecule has 0 aliphatic carbocycles. The van der Waals surface area contributed by atoms with Gasteiger partial charge in [-0.3, -0.25) is 14.5 Å². The summed E-state index contributed by atoms with van der Waals surface area (Å²) in [4.78, 5) is 30.7. The molecule has 2 aromatic rings. The summed E-state index contributed by atoms with van der Waals surface area (Å²) in [5.74, 6) is 0.170. The number of hydrogen-bond donors (Lipinski definition) is 1. The van der Waals surface area contributed by atoms with Crippen LogP contribution in [-0.4, -0.2) is 61.0 Å². The predicted molar refractivity (Wildman–Crippen MR) is 111 cm³/mol. The number of aromatic nitrogens is 1. The highest BCUT2D eigenvalue weighted by molar-refractivity contribution is 6.30. The van der Waals surface area contributed by atoms with Crippen LogP contribution in [0.4, 0.5) is 5.69 Å². The summed E-state index contributed by atoms with van der Waals surface area (Å²) < 4.78 is 11.0. The highest BCUT2D eigenvalue weighted by Crippen LogP contribution is 2.14. The lowest BCUT2D eigenvalue weighted by molar-refractivity contribution is -0.116. The quantitative estimate of drug-likeness (QED) is 0.631. The number of halogens is 1. The number of carbonyl (C=O) groups excluding carboxylic acids is 2. The smallest absolute Gasteiger partial charge is 0.224 e. The first kappa shape index (κ1) is 21.2. The van der Waals surface area contributed by atoms with E-state index in [9.17, 15) is 9.59 Å². The van der Waals surface area contributed by atoms with Crippen LogP contribution in [-0.2, 0) is 9.53 Å². The fourth-order valence-electron chi connectivity index (χ4n) is 2.87. The monoisotopic (exact) mass is 417 g/mol. The van der Waals surface area contributed by atoms with Gasteiger partial charge in [-0.1, -0.05) is 11.6 Å². The number of rotatable bonds is 9. The van der Waals surface area contributed by atoms with Gasteiger partial charge in [-0.15, -0.1) is 0 Å². The first-order valence-corrected chi connectivity index (χ1v) is 9.95. The van der Waals surface area contributed by atoms with Crippen LogP contribution in [0.3, 0.4) is 0 Å². The number of ether oxygens (including phenoxy) is 2. The topological polar surface area (TPSA) is 80.8 Å². The third-order valence-electron chi connectivity index (χ3n) is 4.53. The van der Waals surface area contributed by atoms with Crippen molar-refractivity contribution in [3.05, 3.63) is 53.2 Å². The van der Waals surface area contributed by atoms with E-state index < -0.39 is 0 Å². The number of hydrogen-bond acceptors (Lipinski definition) is 6. The minimum Gasteiger partial charge on any atom is -0.476 e. The molecule has 3 rings (SSSR count). The van der Waals surface area contributed by atoms with Crippen LogP contribution >= 0.6 is 11.6 Å². The molecule has 1 aromatic heterocycles. The molecule has 1 aliphatic rings. The summed E-state index contributed by atoms with van der Waals surface area (Å²) in [5, 5.41) is 3.31. The lowest BCUT2D eigenvalue weighted by Crippen LogP contribution is -2.38. The molecular weight excluding hydrogens is 394 g/mol. The Bertz CT molecular complexity index is 806. The average Bonchev–Trinajstić information content (AvgIpc) is 2.74. The summed E-state index contributed by atoms with van der Waals surface area (Å²) in [7, 11) is 0. The first-order chi connectivity index (χ1) is 14.1. The number of ketones is 1. The molecule has 1 aliphatic heterocycles. The maximum atomic E-state index is 12.1. The van der Waals surface area contributed by atoms with Crippen molar-refractivity contribution in [1.82, 2.24) is 9.88 Å². The predicted octanol–water partition coefficient (Wildman–Crippen LogP) is 3.05. The Morgan fingerprint density at radius 2 is 1.86 bits per heavy atom. The fraction of sp³-hybridized carbons (Fsp3) is 0.381. The normalized spacial score (nSPS) is 14.4. The molecule has 1 aromatic carbocycles. The van der Waals surface area contributed by atoms with Crippen LogP contribution in [0.2, 0.25) is 5.02 Å². The van der Waals surface area contributed by atoms with Crippen molar-refractivity contribution >= 4 is 29.0 Å². The van der Waals surface area contributed by atoms with Crippen LogP contribution in [0.1, 0.15) is 23.2 Å². The summed E-state index contributed by atoms with van der Waals surface area (Å²) in [6.45, 7) is 4.73. The molecule has 7 nitrogen and oxygen atoms in total. The van der Waals surface area contributed by atoms with Crippen molar-refractivity contribution in [3.8, 4) is 5.88 Å². The average molecular weight is 418 g/mol. The number of nitrogens with one attached hydrogen (secondary N) is 1. The highest BCUT2D eigenvalue weighted by Gasteiger charge is 2.11. The summed E-state index contributed by atoms with van der Waals surface area (Å²) in [6, 6.07) is 10.1. The van der Waals surface area contributed by atoms with Crippen LogP contribution in [0.5, 0.6) is 5.88 Å². The molecular formula is C21H24ClN3O4. The zero-order valence-electron chi connectivity index (χ0n) is 16.1. The van der Waals surface area contributed by atoms with Gasteiger partial charge in [0.15, 0.2) is 5.78 Å². The minimum atomic E-state index is -0.241. The number of amides is 1. The molecule has 29 heavy (non-hydrogen) atoms. The summed E-state index contributed by atoms with van der Waals surface area (Å²) >= 11 is 5.81. The van der Waals surface area contributed by atoms with Crippen molar-refractivity contribution in [2.75, 3.05) is 44.8 Å². The zero-order chi connectivity index (χ0) is 20.5. The molecule has 1 amide bonds. The number of benzene rings is 1. The standard InChI is InChI=1S/C21H24ClN3O4/c22-17-3-1-16(2-4-17)19(26)6-7-20(27)24-18-5-8-21(23-15-18)29-14-11-25-9-12-28-13-10-25/h1-5,8,15H,6-7,9-14H2,(H,24,27). The maximum absolute atomic E-state index is 12.1. The molecule has 8 heteroatoms. The lowest BCUT2D eigenvalue weighted by Gasteiger charge is -2.26. The third kappa shape index (κ3) is 7.12. The molecule has 0 unspecified atom stereocenters. The van der Waals surface area contributed by atoms with E-state index in [-0.39, 0.29) is 24.5 Å². The van der Waals surface area contributed by atoms with Crippen molar-refractivity contribution in [2.45, 2.75) is 12.8 Å². The van der Waals surface area contributed by atoms with Gasteiger partial charge in [0.05, 0.1) is 25.1 Å². The molecule has 1 N–H and O–H groups in total. The Kier molecular flexibility index (Phi) is 7.98. The Balaban J connectivity index is 1.37. The van der Waals surface area contributed by atoms with Gasteiger partial charge in [-0.25, -0.2) is 4.98 Å². The largest absolute Gasteiger partial charge is 0.476 e. The van der Waals surface area contributed by atoms with E-state index in [1.54, 1.807) is 42.6 Å². The van der Waals surface area contributed by atoms with E-state index in [4.69, 9.17) is 21.1 Å². The number of carbonyl (C=O) groups is 2. The Labute approximate surface area is 175 Å². The van der Waals surface area contributed by atoms with Crippen molar-refractivity contribution in [2.24, 2.45) is 0 Å². The molecule has 0 atom stereocenters. The molecule has 154 valence electrons. The summed E-state index contributed by atoms with van der Waals surface area (Å²) in [5.41, 5.74) is 1.11. The SMILES string of the molecule is O=C(CCC(=O)c1ccc(Cl)cc1)Nc1ccc(OCCN2CCOCC2)nc1. The molecule has 1 saturated heterocycles. The molecule has 0 bridgehead atoms. The van der Waals surface area contributed by atoms with E-state index in [0.29, 0.717) is 28.8 Å². The minimum absolute atomic E-state index is 0.0965. The molecule has 0 saturated carbocycles. The second-order valence-corrected chi connectivity index (χ2v) is 7.10. The number of nitrogens with zero attached hydrogens (tertiary/aromatic N) is 2. The van der Waals surface area contributed by atoms with Gasteiger partial charge in [0.25, 0.3) is 0 Å². The second kappa shape index (κ2) is 10.9. The van der Waals surface area contributed by atoms with Crippen molar-refractivity contribution in [1.29, 1.82) is 0 Å². The van der Waals surface area contributed by atoms with Gasteiger partial charge in [-0.2, -0.15) is 0 Å². The van der Waals surface area contributed by atoms with Crippen LogP contribution in [0.25, 0.3) is 0 Å². The van der Waals surface area contributed by atoms with Gasteiger partial charge >= 0.3 is 0 Å². The Morgan fingerprint density at radius 3 is 2.55 bits per heavy atom. The fourth-order valence-corrected chi connectivity index (χ4v) is 3.00. The van der Waals surface area contributed by atoms with Crippen LogP contribution < -0.4 is 10.1 Å². The van der Waals surface area contributed by atoms with Gasteiger partial charge in [0.1, 0.15) is 6.61 Å². The van der Waals surface area contributed by atoms with Crippen molar-refractivity contribution in [3.63, 3.8) is 0 Å². The van der Waals surface area contributed by atoms with E-state index >= 15 is 0 Å². The molecule has 0 radical (unpaired) electrons. The van der Waals surface area contributed by atoms with E-state index in [1.165, 1.54) is 0 Å². The van der Waals surface area contributed by atoms with Crippen LogP contribution in [0, 0.1) is 0 Å². The van der Waals surface area contributed by atoms with E-state index in [1.807, 2.05) is 0 Å². The lowest BCUT2D eigenvalue weighted by atomic mass is 10.1.